The van der Waals surface area contributed by atoms with Crippen molar-refractivity contribution in [2.45, 2.75) is 5.16 Å². The molecule has 0 saturated carbocycles. The fraction of sp³-hybridized carbons (Fsp3) is 0.250. The molecule has 0 spiro atoms. The second kappa shape index (κ2) is 7.76. The summed E-state index contributed by atoms with van der Waals surface area (Å²) in [6, 6.07) is 7.02. The van der Waals surface area contributed by atoms with Gasteiger partial charge in [-0.15, -0.1) is 5.10 Å². The average molecular weight is 342 g/mol. The number of hydrogen-bond donors (Lipinski definition) is 1. The predicted octanol–water partition coefficient (Wildman–Crippen LogP) is 0.697. The molecule has 0 aliphatic heterocycles. The molecule has 1 aromatic heterocycles. The van der Waals surface area contributed by atoms with Crippen LogP contribution in [-0.4, -0.2) is 51.5 Å². The summed E-state index contributed by atoms with van der Waals surface area (Å²) in [5.74, 6) is -0.768. The maximum atomic E-state index is 11.6. The predicted molar refractivity (Wildman–Crippen MR) is 79.9 cm³/mol. The summed E-state index contributed by atoms with van der Waals surface area (Å²) in [5.41, 5.74) is 0.690. The van der Waals surface area contributed by atoms with E-state index in [4.69, 9.17) is 11.6 Å². The molecular formula is C12H12ClN5O3S. The van der Waals surface area contributed by atoms with Gasteiger partial charge >= 0.3 is 5.97 Å². The van der Waals surface area contributed by atoms with Crippen molar-refractivity contribution in [1.29, 1.82) is 0 Å². The Morgan fingerprint density at radius 2 is 2.27 bits per heavy atom. The van der Waals surface area contributed by atoms with Crippen LogP contribution in [0, 0.1) is 0 Å². The van der Waals surface area contributed by atoms with Gasteiger partial charge in [0.1, 0.15) is 6.54 Å². The number of aromatic nitrogens is 4. The Hall–Kier alpha value is -2.13. The van der Waals surface area contributed by atoms with Gasteiger partial charge in [0.25, 0.3) is 0 Å². The summed E-state index contributed by atoms with van der Waals surface area (Å²) >= 11 is 7.07. The number of tetrazole rings is 1. The molecule has 1 heterocycles. The number of methoxy groups -OCH3 is 1. The molecule has 0 bridgehead atoms. The third-order valence-corrected chi connectivity index (χ3v) is 3.64. The molecular weight excluding hydrogens is 330 g/mol. The van der Waals surface area contributed by atoms with Gasteiger partial charge in [-0.2, -0.15) is 4.68 Å². The SMILES string of the molecule is COC(=O)CNC(=O)CSc1nnnn1-c1cccc(Cl)c1. The van der Waals surface area contributed by atoms with E-state index in [-0.39, 0.29) is 18.2 Å². The van der Waals surface area contributed by atoms with E-state index in [0.29, 0.717) is 15.9 Å². The molecule has 0 aliphatic carbocycles. The number of thioether (sulfide) groups is 1. The number of nitrogens with zero attached hydrogens (tertiary/aromatic N) is 4. The van der Waals surface area contributed by atoms with E-state index < -0.39 is 5.97 Å². The Morgan fingerprint density at radius 1 is 1.45 bits per heavy atom. The lowest BCUT2D eigenvalue weighted by molar-refractivity contribution is -0.140. The van der Waals surface area contributed by atoms with Crippen molar-refractivity contribution in [3.8, 4) is 5.69 Å². The van der Waals surface area contributed by atoms with Crippen molar-refractivity contribution in [3.05, 3.63) is 29.3 Å². The monoisotopic (exact) mass is 341 g/mol. The van der Waals surface area contributed by atoms with Crippen LogP contribution in [0.4, 0.5) is 0 Å². The summed E-state index contributed by atoms with van der Waals surface area (Å²) < 4.78 is 5.91. The van der Waals surface area contributed by atoms with E-state index in [1.807, 2.05) is 0 Å². The molecule has 0 radical (unpaired) electrons. The Kier molecular flexibility index (Phi) is 5.73. The second-order valence-corrected chi connectivity index (χ2v) is 5.37. The summed E-state index contributed by atoms with van der Waals surface area (Å²) in [4.78, 5) is 22.5. The Balaban J connectivity index is 1.96. The van der Waals surface area contributed by atoms with E-state index in [0.717, 1.165) is 11.8 Å². The molecule has 1 amide bonds. The molecule has 0 fully saturated rings. The smallest absolute Gasteiger partial charge is 0.325 e. The van der Waals surface area contributed by atoms with E-state index in [1.54, 1.807) is 24.3 Å². The van der Waals surface area contributed by atoms with Crippen molar-refractivity contribution >= 4 is 35.2 Å². The lowest BCUT2D eigenvalue weighted by atomic mass is 10.3. The van der Waals surface area contributed by atoms with E-state index in [2.05, 4.69) is 25.6 Å². The quantitative estimate of drug-likeness (QED) is 0.609. The summed E-state index contributed by atoms with van der Waals surface area (Å²) in [6.07, 6.45) is 0. The highest BCUT2D eigenvalue weighted by molar-refractivity contribution is 7.99. The highest BCUT2D eigenvalue weighted by atomic mass is 35.5. The number of esters is 1. The zero-order valence-corrected chi connectivity index (χ0v) is 13.1. The molecule has 22 heavy (non-hydrogen) atoms. The molecule has 0 saturated heterocycles. The van der Waals surface area contributed by atoms with Gasteiger partial charge in [-0.25, -0.2) is 0 Å². The first kappa shape index (κ1) is 16.2. The molecule has 1 N–H and O–H groups in total. The van der Waals surface area contributed by atoms with Crippen LogP contribution < -0.4 is 5.32 Å². The van der Waals surface area contributed by atoms with Crippen LogP contribution in [-0.2, 0) is 14.3 Å². The standard InChI is InChI=1S/C12H12ClN5O3S/c1-21-11(20)6-14-10(19)7-22-12-15-16-17-18(12)9-4-2-3-8(13)5-9/h2-5H,6-7H2,1H3,(H,14,19). The minimum Gasteiger partial charge on any atom is -0.468 e. The van der Waals surface area contributed by atoms with Crippen molar-refractivity contribution in [1.82, 2.24) is 25.5 Å². The van der Waals surface area contributed by atoms with E-state index in [9.17, 15) is 9.59 Å². The highest BCUT2D eigenvalue weighted by Gasteiger charge is 2.12. The number of carbonyl (C=O) groups is 2. The van der Waals surface area contributed by atoms with Crippen LogP contribution in [0.1, 0.15) is 0 Å². The molecule has 10 heteroatoms. The summed E-state index contributed by atoms with van der Waals surface area (Å²) in [5, 5.41) is 14.7. The molecule has 0 atom stereocenters. The molecule has 8 nitrogen and oxygen atoms in total. The lowest BCUT2D eigenvalue weighted by Gasteiger charge is -2.05. The molecule has 0 aliphatic rings. The van der Waals surface area contributed by atoms with Crippen LogP contribution in [0.2, 0.25) is 5.02 Å². The first-order chi connectivity index (χ1) is 10.6. The van der Waals surface area contributed by atoms with Gasteiger partial charge in [0, 0.05) is 5.02 Å². The van der Waals surface area contributed by atoms with Gasteiger partial charge in [0.2, 0.25) is 11.1 Å². The number of carbonyl (C=O) groups excluding carboxylic acids is 2. The summed E-state index contributed by atoms with van der Waals surface area (Å²) in [7, 11) is 1.25. The van der Waals surface area contributed by atoms with Crippen molar-refractivity contribution < 1.29 is 14.3 Å². The van der Waals surface area contributed by atoms with Gasteiger partial charge in [-0.3, -0.25) is 9.59 Å². The zero-order chi connectivity index (χ0) is 15.9. The third kappa shape index (κ3) is 4.43. The number of nitrogens with one attached hydrogen (secondary N) is 1. The maximum Gasteiger partial charge on any atom is 0.325 e. The van der Waals surface area contributed by atoms with Crippen molar-refractivity contribution in [3.63, 3.8) is 0 Å². The zero-order valence-electron chi connectivity index (χ0n) is 11.5. The molecule has 2 rings (SSSR count). The molecule has 116 valence electrons. The fourth-order valence-corrected chi connectivity index (χ4v) is 2.37. The number of amides is 1. The van der Waals surface area contributed by atoms with Crippen LogP contribution in [0.15, 0.2) is 29.4 Å². The van der Waals surface area contributed by atoms with E-state index in [1.165, 1.54) is 11.8 Å². The molecule has 0 unspecified atom stereocenters. The van der Waals surface area contributed by atoms with Gasteiger partial charge in [0.15, 0.2) is 0 Å². The Morgan fingerprint density at radius 3 is 3.00 bits per heavy atom. The third-order valence-electron chi connectivity index (χ3n) is 2.48. The Bertz CT molecular complexity index is 678. The van der Waals surface area contributed by atoms with Gasteiger partial charge < -0.3 is 10.1 Å². The van der Waals surface area contributed by atoms with Crippen LogP contribution >= 0.6 is 23.4 Å². The fourth-order valence-electron chi connectivity index (χ4n) is 1.46. The Labute approximate surface area is 135 Å². The molecule has 2 aromatic rings. The lowest BCUT2D eigenvalue weighted by Crippen LogP contribution is -2.31. The minimum absolute atomic E-state index is 0.0674. The average Bonchev–Trinajstić information content (AvgIpc) is 2.99. The number of hydrogen-bond acceptors (Lipinski definition) is 7. The highest BCUT2D eigenvalue weighted by Crippen LogP contribution is 2.20. The van der Waals surface area contributed by atoms with Gasteiger partial charge in [-0.05, 0) is 28.6 Å². The number of benzene rings is 1. The van der Waals surface area contributed by atoms with Gasteiger partial charge in [0.05, 0.1) is 18.6 Å². The topological polar surface area (TPSA) is 99.0 Å². The second-order valence-electron chi connectivity index (χ2n) is 3.99. The molecule has 1 aromatic carbocycles. The number of rotatable bonds is 6. The minimum atomic E-state index is -0.512. The van der Waals surface area contributed by atoms with Crippen molar-refractivity contribution in [2.24, 2.45) is 0 Å². The largest absolute Gasteiger partial charge is 0.468 e. The first-order valence-electron chi connectivity index (χ1n) is 6.11. The first-order valence-corrected chi connectivity index (χ1v) is 7.47. The maximum absolute atomic E-state index is 11.6. The van der Waals surface area contributed by atoms with Crippen LogP contribution in [0.25, 0.3) is 5.69 Å². The van der Waals surface area contributed by atoms with Crippen LogP contribution in [0.3, 0.4) is 0 Å². The van der Waals surface area contributed by atoms with Gasteiger partial charge in [-0.1, -0.05) is 29.4 Å². The van der Waals surface area contributed by atoms with Crippen molar-refractivity contribution in [2.75, 3.05) is 19.4 Å². The normalized spacial score (nSPS) is 10.3. The number of halogens is 1. The van der Waals surface area contributed by atoms with Crippen LogP contribution in [0.5, 0.6) is 0 Å². The van der Waals surface area contributed by atoms with E-state index >= 15 is 0 Å². The summed E-state index contributed by atoms with van der Waals surface area (Å²) in [6.45, 7) is -0.172. The number of ether oxygens (including phenoxy) is 1.